The van der Waals surface area contributed by atoms with Gasteiger partial charge in [-0.15, -0.1) is 11.3 Å². The lowest BCUT2D eigenvalue weighted by atomic mass is 10.4. The van der Waals surface area contributed by atoms with Crippen LogP contribution in [-0.2, 0) is 11.3 Å². The van der Waals surface area contributed by atoms with Gasteiger partial charge in [-0.25, -0.2) is 9.97 Å². The third-order valence-corrected chi connectivity index (χ3v) is 5.33. The number of nitrogens with one attached hydrogen (secondary N) is 2. The van der Waals surface area contributed by atoms with Gasteiger partial charge in [-0.1, -0.05) is 11.8 Å². The Balaban J connectivity index is 1.60. The number of aromatic amines is 1. The molecule has 2 N–H and O–H groups in total. The third kappa shape index (κ3) is 3.68. The van der Waals surface area contributed by atoms with Crippen LogP contribution in [-0.4, -0.2) is 30.5 Å². The second-order valence-corrected chi connectivity index (χ2v) is 7.60. The maximum atomic E-state index is 12.2. The Kier molecular flexibility index (Phi) is 4.72. The number of aryl methyl sites for hydroxylation is 2. The van der Waals surface area contributed by atoms with Crippen LogP contribution in [0.5, 0.6) is 0 Å². The van der Waals surface area contributed by atoms with Crippen molar-refractivity contribution in [3.63, 3.8) is 0 Å². The van der Waals surface area contributed by atoms with Gasteiger partial charge in [0.05, 0.1) is 17.5 Å². The molecule has 0 bridgehead atoms. The molecule has 3 aromatic heterocycles. The fourth-order valence-corrected chi connectivity index (χ4v) is 3.93. The van der Waals surface area contributed by atoms with Gasteiger partial charge in [0.25, 0.3) is 5.56 Å². The number of hydrogen-bond acceptors (Lipinski definition) is 6. The summed E-state index contributed by atoms with van der Waals surface area (Å²) in [5, 5.41) is 4.98. The summed E-state index contributed by atoms with van der Waals surface area (Å²) in [5.41, 5.74) is 2.35. The molecule has 0 fully saturated rings. The predicted octanol–water partition coefficient (Wildman–Crippen LogP) is 1.89. The summed E-state index contributed by atoms with van der Waals surface area (Å²) in [7, 11) is 0. The molecule has 3 aromatic rings. The molecule has 24 heavy (non-hydrogen) atoms. The number of thioether (sulfide) groups is 1. The molecule has 0 saturated carbocycles. The van der Waals surface area contributed by atoms with E-state index in [1.54, 1.807) is 25.2 Å². The average molecular weight is 363 g/mol. The summed E-state index contributed by atoms with van der Waals surface area (Å²) in [5.74, 6) is -0.128. The van der Waals surface area contributed by atoms with Gasteiger partial charge < -0.3 is 10.3 Å². The first-order chi connectivity index (χ1) is 11.4. The fourth-order valence-electron chi connectivity index (χ4n) is 2.18. The van der Waals surface area contributed by atoms with Crippen LogP contribution in [0.2, 0.25) is 0 Å². The van der Waals surface area contributed by atoms with Crippen molar-refractivity contribution in [3.05, 3.63) is 45.1 Å². The van der Waals surface area contributed by atoms with E-state index >= 15 is 0 Å². The first kappa shape index (κ1) is 16.7. The van der Waals surface area contributed by atoms with Crippen LogP contribution < -0.4 is 10.9 Å². The van der Waals surface area contributed by atoms with Crippen molar-refractivity contribution >= 4 is 34.0 Å². The Morgan fingerprint density at radius 2 is 2.25 bits per heavy atom. The molecule has 9 heteroatoms. The van der Waals surface area contributed by atoms with E-state index in [1.807, 2.05) is 22.9 Å². The number of carbonyl (C=O) groups is 1. The zero-order chi connectivity index (χ0) is 17.3. The standard InChI is InChI=1S/C15H17N5O2S2/c1-8-4-12(21)19-14(17-8)24-10(3)13(22)16-5-11-6-20-9(2)7-23-15(20)18-11/h4,6-7,10H,5H2,1-3H3,(H,16,22)(H,17,19,21)/t10-/m1/s1. The summed E-state index contributed by atoms with van der Waals surface area (Å²) in [6.45, 7) is 5.91. The molecule has 0 saturated heterocycles. The molecular formula is C15H17N5O2S2. The van der Waals surface area contributed by atoms with Gasteiger partial charge >= 0.3 is 0 Å². The summed E-state index contributed by atoms with van der Waals surface area (Å²) < 4.78 is 2.01. The van der Waals surface area contributed by atoms with E-state index in [0.717, 1.165) is 16.3 Å². The number of hydrogen-bond donors (Lipinski definition) is 2. The van der Waals surface area contributed by atoms with Crippen molar-refractivity contribution in [1.82, 2.24) is 24.7 Å². The van der Waals surface area contributed by atoms with Crippen molar-refractivity contribution in [2.24, 2.45) is 0 Å². The second kappa shape index (κ2) is 6.78. The number of fused-ring (bicyclic) bond motifs is 1. The number of imidazole rings is 1. The topological polar surface area (TPSA) is 92.2 Å². The fraction of sp³-hybridized carbons (Fsp3) is 0.333. The zero-order valence-corrected chi connectivity index (χ0v) is 15.1. The van der Waals surface area contributed by atoms with E-state index in [2.05, 4.69) is 20.3 Å². The van der Waals surface area contributed by atoms with Gasteiger partial charge in [0.2, 0.25) is 5.91 Å². The molecule has 0 radical (unpaired) electrons. The lowest BCUT2D eigenvalue weighted by Crippen LogP contribution is -2.30. The molecule has 7 nitrogen and oxygen atoms in total. The van der Waals surface area contributed by atoms with Gasteiger partial charge in [-0.05, 0) is 20.8 Å². The molecule has 1 atom stereocenters. The SMILES string of the molecule is Cc1cc(=O)[nH]c(S[C@H](C)C(=O)NCc2cn3c(C)csc3n2)n1. The number of H-pyrrole nitrogens is 1. The number of thiazole rings is 1. The summed E-state index contributed by atoms with van der Waals surface area (Å²) >= 11 is 2.79. The maximum Gasteiger partial charge on any atom is 0.251 e. The van der Waals surface area contributed by atoms with Crippen LogP contribution in [0.25, 0.3) is 4.96 Å². The van der Waals surface area contributed by atoms with E-state index in [9.17, 15) is 9.59 Å². The van der Waals surface area contributed by atoms with Gasteiger partial charge in [-0.2, -0.15) is 0 Å². The molecule has 0 aliphatic rings. The van der Waals surface area contributed by atoms with E-state index in [4.69, 9.17) is 0 Å². The number of amides is 1. The molecular weight excluding hydrogens is 346 g/mol. The lowest BCUT2D eigenvalue weighted by molar-refractivity contribution is -0.120. The highest BCUT2D eigenvalue weighted by atomic mass is 32.2. The Bertz CT molecular complexity index is 943. The van der Waals surface area contributed by atoms with Crippen molar-refractivity contribution in [3.8, 4) is 0 Å². The molecule has 0 aromatic carbocycles. The first-order valence-corrected chi connectivity index (χ1v) is 9.12. The van der Waals surface area contributed by atoms with Crippen LogP contribution in [0.1, 0.15) is 24.0 Å². The molecule has 3 rings (SSSR count). The lowest BCUT2D eigenvalue weighted by Gasteiger charge is -2.10. The van der Waals surface area contributed by atoms with Crippen LogP contribution >= 0.6 is 23.1 Å². The van der Waals surface area contributed by atoms with Crippen LogP contribution in [0.4, 0.5) is 0 Å². The summed E-state index contributed by atoms with van der Waals surface area (Å²) in [6, 6.07) is 1.42. The largest absolute Gasteiger partial charge is 0.349 e. The molecule has 3 heterocycles. The highest BCUT2D eigenvalue weighted by molar-refractivity contribution is 8.00. The molecule has 126 valence electrons. The summed E-state index contributed by atoms with van der Waals surface area (Å²) in [4.78, 5) is 35.9. The van der Waals surface area contributed by atoms with Gasteiger partial charge in [0.15, 0.2) is 10.1 Å². The minimum atomic E-state index is -0.375. The Morgan fingerprint density at radius 1 is 1.46 bits per heavy atom. The summed E-state index contributed by atoms with van der Waals surface area (Å²) in [6.07, 6.45) is 1.93. The van der Waals surface area contributed by atoms with Crippen molar-refractivity contribution < 1.29 is 4.79 Å². The highest BCUT2D eigenvalue weighted by Gasteiger charge is 2.16. The van der Waals surface area contributed by atoms with Crippen LogP contribution in [0.15, 0.2) is 27.6 Å². The van der Waals surface area contributed by atoms with Gasteiger partial charge in [-0.3, -0.25) is 14.0 Å². The Labute approximate surface area is 146 Å². The molecule has 0 unspecified atom stereocenters. The number of rotatable bonds is 5. The van der Waals surface area contributed by atoms with E-state index < -0.39 is 0 Å². The average Bonchev–Trinajstić information content (AvgIpc) is 3.06. The van der Waals surface area contributed by atoms with Crippen LogP contribution in [0, 0.1) is 13.8 Å². The van der Waals surface area contributed by atoms with Crippen molar-refractivity contribution in [2.75, 3.05) is 0 Å². The normalized spacial score (nSPS) is 12.5. The zero-order valence-electron chi connectivity index (χ0n) is 13.5. The smallest absolute Gasteiger partial charge is 0.251 e. The number of nitrogens with zero attached hydrogens (tertiary/aromatic N) is 3. The van der Waals surface area contributed by atoms with E-state index in [-0.39, 0.29) is 16.7 Å². The quantitative estimate of drug-likeness (QED) is 0.533. The molecule has 0 spiro atoms. The minimum Gasteiger partial charge on any atom is -0.349 e. The highest BCUT2D eigenvalue weighted by Crippen LogP contribution is 2.19. The first-order valence-electron chi connectivity index (χ1n) is 7.37. The second-order valence-electron chi connectivity index (χ2n) is 5.43. The Hall–Kier alpha value is -2.13. The van der Waals surface area contributed by atoms with E-state index in [0.29, 0.717) is 17.4 Å². The monoisotopic (exact) mass is 363 g/mol. The van der Waals surface area contributed by atoms with Gasteiger partial charge in [0.1, 0.15) is 0 Å². The third-order valence-electron chi connectivity index (χ3n) is 3.39. The molecule has 1 amide bonds. The maximum absolute atomic E-state index is 12.2. The predicted molar refractivity (Wildman–Crippen MR) is 94.6 cm³/mol. The van der Waals surface area contributed by atoms with Crippen molar-refractivity contribution in [1.29, 1.82) is 0 Å². The number of aromatic nitrogens is 4. The number of carbonyl (C=O) groups excluding carboxylic acids is 1. The molecule has 0 aliphatic heterocycles. The van der Waals surface area contributed by atoms with Gasteiger partial charge in [0, 0.05) is 29.0 Å². The van der Waals surface area contributed by atoms with Crippen molar-refractivity contribution in [2.45, 2.75) is 37.7 Å². The minimum absolute atomic E-state index is 0.128. The van der Waals surface area contributed by atoms with Crippen LogP contribution in [0.3, 0.4) is 0 Å². The Morgan fingerprint density at radius 3 is 2.96 bits per heavy atom. The van der Waals surface area contributed by atoms with E-state index in [1.165, 1.54) is 17.8 Å². The molecule has 0 aliphatic carbocycles.